The first-order valence-electron chi connectivity index (χ1n) is 6.29. The van der Waals surface area contributed by atoms with Crippen LogP contribution in [0.1, 0.15) is 46.0 Å². The minimum Gasteiger partial charge on any atom is -0.395 e. The van der Waals surface area contributed by atoms with Gasteiger partial charge in [0.1, 0.15) is 0 Å². The lowest BCUT2D eigenvalue weighted by atomic mass is 10.1. The summed E-state index contributed by atoms with van der Waals surface area (Å²) >= 11 is 0. The number of carbonyl (C=O) groups excluding carboxylic acids is 1. The van der Waals surface area contributed by atoms with Crippen LogP contribution in [0, 0.1) is 0 Å². The first-order chi connectivity index (χ1) is 7.65. The minimum atomic E-state index is -0.0414. The van der Waals surface area contributed by atoms with Gasteiger partial charge in [-0.05, 0) is 12.8 Å². The van der Waals surface area contributed by atoms with Gasteiger partial charge in [0, 0.05) is 25.6 Å². The molecule has 0 spiro atoms. The molecule has 0 aliphatic heterocycles. The molecular formula is C12H26N2O2. The van der Waals surface area contributed by atoms with E-state index in [0.29, 0.717) is 13.0 Å². The number of rotatable bonds is 9. The lowest BCUT2D eigenvalue weighted by molar-refractivity contribution is -0.132. The highest BCUT2D eigenvalue weighted by molar-refractivity contribution is 5.76. The maximum atomic E-state index is 11.9. The zero-order chi connectivity index (χ0) is 12.4. The summed E-state index contributed by atoms with van der Waals surface area (Å²) in [6, 6.07) is -0.0414. The third kappa shape index (κ3) is 6.80. The van der Waals surface area contributed by atoms with Crippen LogP contribution < -0.4 is 5.73 Å². The summed E-state index contributed by atoms with van der Waals surface area (Å²) < 4.78 is 0. The average molecular weight is 230 g/mol. The van der Waals surface area contributed by atoms with E-state index in [1.165, 1.54) is 0 Å². The van der Waals surface area contributed by atoms with Crippen LogP contribution in [0.2, 0.25) is 0 Å². The molecule has 0 saturated carbocycles. The van der Waals surface area contributed by atoms with Crippen LogP contribution in [0.5, 0.6) is 0 Å². The highest BCUT2D eigenvalue weighted by Crippen LogP contribution is 2.04. The number of aliphatic hydroxyl groups excluding tert-OH is 1. The summed E-state index contributed by atoms with van der Waals surface area (Å²) in [5.41, 5.74) is 5.84. The molecule has 0 aromatic heterocycles. The van der Waals surface area contributed by atoms with Gasteiger partial charge in [-0.3, -0.25) is 4.79 Å². The maximum absolute atomic E-state index is 11.9. The summed E-state index contributed by atoms with van der Waals surface area (Å²) in [5, 5.41) is 8.90. The third-order valence-electron chi connectivity index (χ3n) is 2.60. The van der Waals surface area contributed by atoms with Gasteiger partial charge in [0.05, 0.1) is 6.61 Å². The molecular weight excluding hydrogens is 204 g/mol. The van der Waals surface area contributed by atoms with E-state index in [1.54, 1.807) is 4.90 Å². The van der Waals surface area contributed by atoms with E-state index >= 15 is 0 Å². The SMILES string of the molecule is CCCCN(CCO)C(=O)CC(N)CCC. The summed E-state index contributed by atoms with van der Waals surface area (Å²) in [5.74, 6) is 0.0726. The smallest absolute Gasteiger partial charge is 0.224 e. The van der Waals surface area contributed by atoms with Crippen molar-refractivity contribution < 1.29 is 9.90 Å². The molecule has 0 aliphatic carbocycles. The van der Waals surface area contributed by atoms with Crippen LogP contribution in [-0.4, -0.2) is 41.7 Å². The molecule has 0 heterocycles. The van der Waals surface area contributed by atoms with Crippen molar-refractivity contribution in [2.24, 2.45) is 5.73 Å². The Kier molecular flexibility index (Phi) is 9.24. The summed E-state index contributed by atoms with van der Waals surface area (Å²) in [4.78, 5) is 13.6. The first kappa shape index (κ1) is 15.4. The van der Waals surface area contributed by atoms with Crippen LogP contribution in [0.15, 0.2) is 0 Å². The van der Waals surface area contributed by atoms with Crippen molar-refractivity contribution in [3.63, 3.8) is 0 Å². The van der Waals surface area contributed by atoms with E-state index in [-0.39, 0.29) is 18.6 Å². The van der Waals surface area contributed by atoms with E-state index in [1.807, 2.05) is 0 Å². The molecule has 1 amide bonds. The molecule has 3 N–H and O–H groups in total. The van der Waals surface area contributed by atoms with Gasteiger partial charge in [0.25, 0.3) is 0 Å². The molecule has 1 unspecified atom stereocenters. The second-order valence-electron chi connectivity index (χ2n) is 4.21. The monoisotopic (exact) mass is 230 g/mol. The van der Waals surface area contributed by atoms with Gasteiger partial charge >= 0.3 is 0 Å². The van der Waals surface area contributed by atoms with Crippen molar-refractivity contribution >= 4 is 5.91 Å². The normalized spacial score (nSPS) is 12.5. The van der Waals surface area contributed by atoms with Gasteiger partial charge in [-0.1, -0.05) is 26.7 Å². The average Bonchev–Trinajstić information content (AvgIpc) is 2.24. The van der Waals surface area contributed by atoms with Crippen LogP contribution in [0.4, 0.5) is 0 Å². The Morgan fingerprint density at radius 1 is 1.31 bits per heavy atom. The predicted molar refractivity (Wildman–Crippen MR) is 66.1 cm³/mol. The van der Waals surface area contributed by atoms with E-state index < -0.39 is 0 Å². The number of aliphatic hydroxyl groups is 1. The van der Waals surface area contributed by atoms with Gasteiger partial charge in [0.15, 0.2) is 0 Å². The number of amides is 1. The molecule has 4 heteroatoms. The summed E-state index contributed by atoms with van der Waals surface area (Å²) in [6.45, 7) is 5.34. The summed E-state index contributed by atoms with van der Waals surface area (Å²) in [7, 11) is 0. The zero-order valence-corrected chi connectivity index (χ0v) is 10.6. The number of nitrogens with two attached hydrogens (primary N) is 1. The number of hydrogen-bond acceptors (Lipinski definition) is 3. The van der Waals surface area contributed by atoms with Crippen LogP contribution >= 0.6 is 0 Å². The molecule has 0 rings (SSSR count). The largest absolute Gasteiger partial charge is 0.395 e. The highest BCUT2D eigenvalue weighted by Gasteiger charge is 2.15. The van der Waals surface area contributed by atoms with E-state index in [2.05, 4.69) is 13.8 Å². The second-order valence-corrected chi connectivity index (χ2v) is 4.21. The number of hydrogen-bond donors (Lipinski definition) is 2. The molecule has 0 aromatic carbocycles. The van der Waals surface area contributed by atoms with Crippen molar-refractivity contribution in [3.05, 3.63) is 0 Å². The molecule has 0 fully saturated rings. The first-order valence-corrected chi connectivity index (χ1v) is 6.29. The maximum Gasteiger partial charge on any atom is 0.224 e. The van der Waals surface area contributed by atoms with Gasteiger partial charge < -0.3 is 15.7 Å². The fraction of sp³-hybridized carbons (Fsp3) is 0.917. The molecule has 0 saturated heterocycles. The predicted octanol–water partition coefficient (Wildman–Crippen LogP) is 1.12. The Labute approximate surface area is 98.8 Å². The Balaban J connectivity index is 4.04. The van der Waals surface area contributed by atoms with Gasteiger partial charge in [0.2, 0.25) is 5.91 Å². The number of carbonyl (C=O) groups is 1. The lowest BCUT2D eigenvalue weighted by Crippen LogP contribution is -2.38. The molecule has 0 bridgehead atoms. The Morgan fingerprint density at radius 2 is 2.00 bits per heavy atom. The Bertz CT molecular complexity index is 186. The van der Waals surface area contributed by atoms with E-state index in [9.17, 15) is 4.79 Å². The number of unbranched alkanes of at least 4 members (excludes halogenated alkanes) is 1. The molecule has 16 heavy (non-hydrogen) atoms. The van der Waals surface area contributed by atoms with Gasteiger partial charge in [-0.15, -0.1) is 0 Å². The van der Waals surface area contributed by atoms with Gasteiger partial charge in [-0.2, -0.15) is 0 Å². The van der Waals surface area contributed by atoms with E-state index in [4.69, 9.17) is 10.8 Å². The van der Waals surface area contributed by atoms with Crippen LogP contribution in [-0.2, 0) is 4.79 Å². The topological polar surface area (TPSA) is 66.6 Å². The third-order valence-corrected chi connectivity index (χ3v) is 2.60. The Morgan fingerprint density at radius 3 is 2.50 bits per heavy atom. The molecule has 0 aliphatic rings. The molecule has 0 aromatic rings. The van der Waals surface area contributed by atoms with Crippen molar-refractivity contribution in [2.75, 3.05) is 19.7 Å². The van der Waals surface area contributed by atoms with Crippen molar-refractivity contribution in [1.82, 2.24) is 4.90 Å². The van der Waals surface area contributed by atoms with E-state index in [0.717, 1.165) is 32.2 Å². The minimum absolute atomic E-state index is 0.0263. The molecule has 96 valence electrons. The van der Waals surface area contributed by atoms with Crippen LogP contribution in [0.25, 0.3) is 0 Å². The lowest BCUT2D eigenvalue weighted by Gasteiger charge is -2.23. The molecule has 1 atom stereocenters. The van der Waals surface area contributed by atoms with Crippen molar-refractivity contribution in [2.45, 2.75) is 52.0 Å². The Hall–Kier alpha value is -0.610. The van der Waals surface area contributed by atoms with Crippen LogP contribution in [0.3, 0.4) is 0 Å². The van der Waals surface area contributed by atoms with Crippen molar-refractivity contribution in [3.8, 4) is 0 Å². The van der Waals surface area contributed by atoms with Crippen molar-refractivity contribution in [1.29, 1.82) is 0 Å². The highest BCUT2D eigenvalue weighted by atomic mass is 16.3. The fourth-order valence-corrected chi connectivity index (χ4v) is 1.66. The zero-order valence-electron chi connectivity index (χ0n) is 10.6. The fourth-order valence-electron chi connectivity index (χ4n) is 1.66. The summed E-state index contributed by atoms with van der Waals surface area (Å²) in [6.07, 6.45) is 4.32. The second kappa shape index (κ2) is 9.60. The standard InChI is InChI=1S/C12H26N2O2/c1-3-5-7-14(8-9-15)12(16)10-11(13)6-4-2/h11,15H,3-10,13H2,1-2H3. The quantitative estimate of drug-likeness (QED) is 0.624. The number of nitrogens with zero attached hydrogens (tertiary/aromatic N) is 1. The molecule has 4 nitrogen and oxygen atoms in total. The molecule has 0 radical (unpaired) electrons. The van der Waals surface area contributed by atoms with Gasteiger partial charge in [-0.25, -0.2) is 0 Å².